The number of aldehydes is 1. The number of amides is 2. The molecule has 0 aromatic heterocycles. The number of benzene rings is 1. The third kappa shape index (κ3) is 4.25. The zero-order valence-electron chi connectivity index (χ0n) is 14.5. The van der Waals surface area contributed by atoms with Crippen LogP contribution in [0.15, 0.2) is 24.3 Å². The quantitative estimate of drug-likeness (QED) is 0.757. The standard InChI is InChI=1S/C19H25N3O3/c1-13(12-23)21-19(25)17-10-15(11-20-17)9-14-4-6-16(7-5-14)22-8-2-3-18(22)24/h4-7,12-13,15,17,20H,2-3,8-11H2,1H3,(H,21,25)/t13-,15-,17+/m0/s1. The number of hydrogen-bond donors (Lipinski definition) is 2. The van der Waals surface area contributed by atoms with Crippen LogP contribution in [0, 0.1) is 5.92 Å². The zero-order valence-corrected chi connectivity index (χ0v) is 14.5. The fourth-order valence-electron chi connectivity index (χ4n) is 3.59. The van der Waals surface area contributed by atoms with E-state index in [0.717, 1.165) is 44.3 Å². The molecule has 6 heteroatoms. The largest absolute Gasteiger partial charge is 0.346 e. The van der Waals surface area contributed by atoms with Gasteiger partial charge in [0.05, 0.1) is 12.1 Å². The van der Waals surface area contributed by atoms with Gasteiger partial charge in [0.2, 0.25) is 11.8 Å². The molecule has 2 N–H and O–H groups in total. The highest BCUT2D eigenvalue weighted by molar-refractivity contribution is 5.95. The SMILES string of the molecule is C[C@@H](C=O)NC(=O)[C@H]1C[C@H](Cc2ccc(N3CCCC3=O)cc2)CN1. The van der Waals surface area contributed by atoms with Crippen LogP contribution in [0.3, 0.4) is 0 Å². The average molecular weight is 343 g/mol. The monoisotopic (exact) mass is 343 g/mol. The Morgan fingerprint density at radius 1 is 1.40 bits per heavy atom. The number of anilines is 1. The topological polar surface area (TPSA) is 78.5 Å². The number of carbonyl (C=O) groups is 3. The minimum Gasteiger partial charge on any atom is -0.346 e. The van der Waals surface area contributed by atoms with Crippen LogP contribution in [0.25, 0.3) is 0 Å². The van der Waals surface area contributed by atoms with Crippen molar-refractivity contribution in [3.63, 3.8) is 0 Å². The summed E-state index contributed by atoms with van der Waals surface area (Å²) in [7, 11) is 0. The Hall–Kier alpha value is -2.21. The number of hydrogen-bond acceptors (Lipinski definition) is 4. The minimum atomic E-state index is -0.450. The van der Waals surface area contributed by atoms with Crippen LogP contribution in [-0.4, -0.2) is 43.3 Å². The predicted molar refractivity (Wildman–Crippen MR) is 95.3 cm³/mol. The van der Waals surface area contributed by atoms with E-state index in [1.165, 1.54) is 5.56 Å². The molecule has 2 aliphatic rings. The Labute approximate surface area is 148 Å². The molecule has 25 heavy (non-hydrogen) atoms. The Morgan fingerprint density at radius 2 is 2.16 bits per heavy atom. The molecule has 2 fully saturated rings. The Balaban J connectivity index is 1.52. The molecule has 0 radical (unpaired) electrons. The molecule has 0 saturated carbocycles. The first kappa shape index (κ1) is 17.6. The Kier molecular flexibility index (Phi) is 5.48. The van der Waals surface area contributed by atoms with Gasteiger partial charge >= 0.3 is 0 Å². The van der Waals surface area contributed by atoms with E-state index in [1.54, 1.807) is 6.92 Å². The first-order valence-corrected chi connectivity index (χ1v) is 8.95. The van der Waals surface area contributed by atoms with Gasteiger partial charge in [-0.05, 0) is 56.3 Å². The van der Waals surface area contributed by atoms with Gasteiger partial charge in [-0.3, -0.25) is 9.59 Å². The zero-order chi connectivity index (χ0) is 17.8. The fourth-order valence-corrected chi connectivity index (χ4v) is 3.59. The lowest BCUT2D eigenvalue weighted by atomic mass is 9.96. The lowest BCUT2D eigenvalue weighted by molar-refractivity contribution is -0.125. The van der Waals surface area contributed by atoms with Gasteiger partial charge < -0.3 is 20.3 Å². The number of rotatable bonds is 6. The van der Waals surface area contributed by atoms with Gasteiger partial charge in [-0.1, -0.05) is 12.1 Å². The second kappa shape index (κ2) is 7.78. The van der Waals surface area contributed by atoms with Crippen LogP contribution in [0.5, 0.6) is 0 Å². The molecule has 1 aromatic carbocycles. The molecule has 6 nitrogen and oxygen atoms in total. The summed E-state index contributed by atoms with van der Waals surface area (Å²) in [5.74, 6) is 0.484. The van der Waals surface area contributed by atoms with Gasteiger partial charge in [0, 0.05) is 18.7 Å². The summed E-state index contributed by atoms with van der Waals surface area (Å²) in [5, 5.41) is 5.93. The first-order valence-electron chi connectivity index (χ1n) is 8.95. The van der Waals surface area contributed by atoms with Crippen LogP contribution < -0.4 is 15.5 Å². The van der Waals surface area contributed by atoms with Crippen LogP contribution in [0.2, 0.25) is 0 Å². The summed E-state index contributed by atoms with van der Waals surface area (Å²) in [6.45, 7) is 3.27. The van der Waals surface area contributed by atoms with Crippen molar-refractivity contribution in [3.8, 4) is 0 Å². The Morgan fingerprint density at radius 3 is 2.80 bits per heavy atom. The number of carbonyl (C=O) groups excluding carboxylic acids is 3. The summed E-state index contributed by atoms with van der Waals surface area (Å²) in [5.41, 5.74) is 2.18. The second-order valence-corrected chi connectivity index (χ2v) is 7.02. The molecule has 2 saturated heterocycles. The summed E-state index contributed by atoms with van der Waals surface area (Å²) in [4.78, 5) is 36.3. The van der Waals surface area contributed by atoms with Gasteiger partial charge in [0.1, 0.15) is 6.29 Å². The minimum absolute atomic E-state index is 0.106. The third-order valence-electron chi connectivity index (χ3n) is 4.96. The lowest BCUT2D eigenvalue weighted by Gasteiger charge is -2.16. The van der Waals surface area contributed by atoms with Crippen molar-refractivity contribution >= 4 is 23.8 Å². The molecule has 0 bridgehead atoms. The fraction of sp³-hybridized carbons (Fsp3) is 0.526. The number of nitrogens with zero attached hydrogens (tertiary/aromatic N) is 1. The first-order chi connectivity index (χ1) is 12.1. The van der Waals surface area contributed by atoms with Crippen molar-refractivity contribution in [1.82, 2.24) is 10.6 Å². The van der Waals surface area contributed by atoms with Crippen molar-refractivity contribution in [2.45, 2.75) is 44.7 Å². The molecule has 134 valence electrons. The van der Waals surface area contributed by atoms with Crippen molar-refractivity contribution in [2.24, 2.45) is 5.92 Å². The molecule has 0 spiro atoms. The lowest BCUT2D eigenvalue weighted by Crippen LogP contribution is -2.44. The molecule has 0 aliphatic carbocycles. The molecule has 2 heterocycles. The number of nitrogens with one attached hydrogen (secondary N) is 2. The van der Waals surface area contributed by atoms with Crippen LogP contribution in [-0.2, 0) is 20.8 Å². The van der Waals surface area contributed by atoms with Gasteiger partial charge in [-0.2, -0.15) is 0 Å². The molecular weight excluding hydrogens is 318 g/mol. The van der Waals surface area contributed by atoms with E-state index in [1.807, 2.05) is 17.0 Å². The van der Waals surface area contributed by atoms with Crippen LogP contribution >= 0.6 is 0 Å². The van der Waals surface area contributed by atoms with E-state index in [9.17, 15) is 14.4 Å². The molecule has 2 amide bonds. The summed E-state index contributed by atoms with van der Waals surface area (Å²) in [6.07, 6.45) is 3.97. The molecule has 2 aliphatic heterocycles. The normalized spacial score (nSPS) is 24.4. The van der Waals surface area contributed by atoms with Gasteiger partial charge in [0.25, 0.3) is 0 Å². The van der Waals surface area contributed by atoms with E-state index in [2.05, 4.69) is 22.8 Å². The molecule has 0 unspecified atom stereocenters. The van der Waals surface area contributed by atoms with Gasteiger partial charge in [-0.25, -0.2) is 0 Å². The summed E-state index contributed by atoms with van der Waals surface area (Å²) in [6, 6.07) is 7.49. The van der Waals surface area contributed by atoms with E-state index >= 15 is 0 Å². The highest BCUT2D eigenvalue weighted by atomic mass is 16.2. The maximum atomic E-state index is 12.1. The van der Waals surface area contributed by atoms with Gasteiger partial charge in [-0.15, -0.1) is 0 Å². The molecule has 1 aromatic rings. The highest BCUT2D eigenvalue weighted by Crippen LogP contribution is 2.24. The van der Waals surface area contributed by atoms with E-state index < -0.39 is 6.04 Å². The third-order valence-corrected chi connectivity index (χ3v) is 4.96. The summed E-state index contributed by atoms with van der Waals surface area (Å²) >= 11 is 0. The second-order valence-electron chi connectivity index (χ2n) is 7.02. The van der Waals surface area contributed by atoms with Crippen LogP contribution in [0.4, 0.5) is 5.69 Å². The van der Waals surface area contributed by atoms with Crippen molar-refractivity contribution < 1.29 is 14.4 Å². The molecule has 3 atom stereocenters. The van der Waals surface area contributed by atoms with Crippen molar-refractivity contribution in [2.75, 3.05) is 18.0 Å². The van der Waals surface area contributed by atoms with Crippen molar-refractivity contribution in [3.05, 3.63) is 29.8 Å². The van der Waals surface area contributed by atoms with Gasteiger partial charge in [0.15, 0.2) is 0 Å². The van der Waals surface area contributed by atoms with Crippen molar-refractivity contribution in [1.29, 1.82) is 0 Å². The average Bonchev–Trinajstić information content (AvgIpc) is 3.24. The molecular formula is C19H25N3O3. The van der Waals surface area contributed by atoms with E-state index in [-0.39, 0.29) is 17.9 Å². The summed E-state index contributed by atoms with van der Waals surface area (Å²) < 4.78 is 0. The maximum absolute atomic E-state index is 12.1. The smallest absolute Gasteiger partial charge is 0.237 e. The predicted octanol–water partition coefficient (Wildman–Crippen LogP) is 1.04. The highest BCUT2D eigenvalue weighted by Gasteiger charge is 2.30. The van der Waals surface area contributed by atoms with E-state index in [4.69, 9.17) is 0 Å². The Bertz CT molecular complexity index is 644. The molecule has 3 rings (SSSR count). The maximum Gasteiger partial charge on any atom is 0.237 e. The van der Waals surface area contributed by atoms with E-state index in [0.29, 0.717) is 12.3 Å². The van der Waals surface area contributed by atoms with Crippen LogP contribution in [0.1, 0.15) is 31.7 Å².